The smallest absolute Gasteiger partial charge is 0.271 e. The average molecular weight is 401 g/mol. The van der Waals surface area contributed by atoms with Crippen molar-refractivity contribution in [1.82, 2.24) is 24.8 Å². The maximum absolute atomic E-state index is 12.4. The Hall–Kier alpha value is -2.87. The maximum Gasteiger partial charge on any atom is 0.271 e. The number of hydrogen-bond acceptors (Lipinski definition) is 6. The van der Waals surface area contributed by atoms with Gasteiger partial charge in [-0.15, -0.1) is 0 Å². The van der Waals surface area contributed by atoms with Crippen LogP contribution in [0, 0.1) is 0 Å². The monoisotopic (exact) mass is 400 g/mol. The lowest BCUT2D eigenvalue weighted by atomic mass is 9.91. The summed E-state index contributed by atoms with van der Waals surface area (Å²) in [7, 11) is 1.84. The third-order valence-electron chi connectivity index (χ3n) is 4.77. The Morgan fingerprint density at radius 2 is 2.18 bits per heavy atom. The number of halogens is 1. The minimum atomic E-state index is -0.142. The van der Waals surface area contributed by atoms with E-state index in [2.05, 4.69) is 25.6 Å². The van der Waals surface area contributed by atoms with E-state index in [0.29, 0.717) is 23.0 Å². The van der Waals surface area contributed by atoms with Crippen LogP contribution in [0.2, 0.25) is 5.28 Å². The van der Waals surface area contributed by atoms with Gasteiger partial charge in [0.15, 0.2) is 5.76 Å². The van der Waals surface area contributed by atoms with Crippen molar-refractivity contribution >= 4 is 23.3 Å². The molecule has 3 aromatic heterocycles. The number of anilines is 1. The minimum Gasteiger partial charge on any atom is -0.463 e. The molecule has 4 rings (SSSR count). The van der Waals surface area contributed by atoms with Gasteiger partial charge in [0.1, 0.15) is 17.2 Å². The molecule has 1 saturated carbocycles. The topological polar surface area (TPSA) is 97.9 Å². The standard InChI is InChI=1S/C19H21ClN6O2/c1-26-10-15(21-11-26)18(27)23-13-5-2-4-12(8-13)22-17-9-14(24-19(20)25-17)16-6-3-7-28-16/h3,6-7,9-13H,2,4-5,8H2,1H3,(H,23,27)(H,22,24,25). The van der Waals surface area contributed by atoms with Crippen molar-refractivity contribution in [2.75, 3.05) is 5.32 Å². The second-order valence-corrected chi connectivity index (χ2v) is 7.33. The quantitative estimate of drug-likeness (QED) is 0.638. The van der Waals surface area contributed by atoms with Crippen LogP contribution in [0.1, 0.15) is 36.2 Å². The zero-order chi connectivity index (χ0) is 19.5. The fraction of sp³-hybridized carbons (Fsp3) is 0.368. The molecule has 2 N–H and O–H groups in total. The molecule has 0 bridgehead atoms. The Morgan fingerprint density at radius 1 is 1.32 bits per heavy atom. The van der Waals surface area contributed by atoms with E-state index < -0.39 is 0 Å². The molecule has 9 heteroatoms. The van der Waals surface area contributed by atoms with Crippen LogP contribution in [0.3, 0.4) is 0 Å². The van der Waals surface area contributed by atoms with Crippen LogP contribution < -0.4 is 10.6 Å². The number of aromatic nitrogens is 4. The Morgan fingerprint density at radius 3 is 2.93 bits per heavy atom. The Kier molecular flexibility index (Phi) is 5.29. The van der Waals surface area contributed by atoms with Crippen molar-refractivity contribution in [3.63, 3.8) is 0 Å². The molecule has 28 heavy (non-hydrogen) atoms. The first-order valence-electron chi connectivity index (χ1n) is 9.20. The Labute approximate surface area is 167 Å². The first-order valence-corrected chi connectivity index (χ1v) is 9.58. The lowest BCUT2D eigenvalue weighted by Crippen LogP contribution is -2.42. The molecule has 2 unspecified atom stereocenters. The number of carbonyl (C=O) groups is 1. The molecule has 0 aromatic carbocycles. The van der Waals surface area contributed by atoms with Crippen LogP contribution >= 0.6 is 11.6 Å². The van der Waals surface area contributed by atoms with Gasteiger partial charge in [-0.25, -0.2) is 15.0 Å². The number of carbonyl (C=O) groups excluding carboxylic acids is 1. The van der Waals surface area contributed by atoms with E-state index in [1.54, 1.807) is 29.4 Å². The van der Waals surface area contributed by atoms with Gasteiger partial charge in [0.05, 0.1) is 12.6 Å². The number of nitrogens with one attached hydrogen (secondary N) is 2. The molecule has 146 valence electrons. The van der Waals surface area contributed by atoms with E-state index in [-0.39, 0.29) is 23.3 Å². The summed E-state index contributed by atoms with van der Waals surface area (Å²) in [5.41, 5.74) is 1.06. The van der Waals surface area contributed by atoms with Crippen LogP contribution in [-0.2, 0) is 7.05 Å². The molecule has 0 spiro atoms. The highest BCUT2D eigenvalue weighted by Gasteiger charge is 2.25. The van der Waals surface area contributed by atoms with Gasteiger partial charge in [0.25, 0.3) is 5.91 Å². The van der Waals surface area contributed by atoms with E-state index in [9.17, 15) is 4.79 Å². The second kappa shape index (κ2) is 8.02. The molecule has 1 fully saturated rings. The average Bonchev–Trinajstić information content (AvgIpc) is 3.33. The number of rotatable bonds is 5. The summed E-state index contributed by atoms with van der Waals surface area (Å²) < 4.78 is 7.15. The number of imidazole rings is 1. The highest BCUT2D eigenvalue weighted by Crippen LogP contribution is 2.25. The molecule has 0 saturated heterocycles. The van der Waals surface area contributed by atoms with Crippen molar-refractivity contribution in [2.24, 2.45) is 7.05 Å². The highest BCUT2D eigenvalue weighted by molar-refractivity contribution is 6.28. The summed E-state index contributed by atoms with van der Waals surface area (Å²) in [6, 6.07) is 5.71. The third kappa shape index (κ3) is 4.33. The summed E-state index contributed by atoms with van der Waals surface area (Å²) in [5.74, 6) is 1.14. The van der Waals surface area contributed by atoms with E-state index >= 15 is 0 Å². The molecule has 2 atom stereocenters. The third-order valence-corrected chi connectivity index (χ3v) is 4.94. The van der Waals surface area contributed by atoms with Gasteiger partial charge in [-0.2, -0.15) is 0 Å². The van der Waals surface area contributed by atoms with Crippen LogP contribution in [-0.4, -0.2) is 37.5 Å². The first kappa shape index (κ1) is 18.5. The van der Waals surface area contributed by atoms with Crippen molar-refractivity contribution in [3.8, 4) is 11.5 Å². The van der Waals surface area contributed by atoms with E-state index in [4.69, 9.17) is 16.0 Å². The maximum atomic E-state index is 12.4. The van der Waals surface area contributed by atoms with Gasteiger partial charge in [-0.3, -0.25) is 4.79 Å². The van der Waals surface area contributed by atoms with Gasteiger partial charge in [0, 0.05) is 31.4 Å². The molecule has 1 aliphatic carbocycles. The number of aryl methyl sites for hydroxylation is 1. The fourth-order valence-corrected chi connectivity index (χ4v) is 3.67. The van der Waals surface area contributed by atoms with Crippen molar-refractivity contribution < 1.29 is 9.21 Å². The largest absolute Gasteiger partial charge is 0.463 e. The van der Waals surface area contributed by atoms with Crippen LogP contribution in [0.15, 0.2) is 41.4 Å². The first-order chi connectivity index (χ1) is 13.6. The van der Waals surface area contributed by atoms with Crippen molar-refractivity contribution in [2.45, 2.75) is 37.8 Å². The summed E-state index contributed by atoms with van der Waals surface area (Å²) in [6.07, 6.45) is 8.68. The normalized spacial score (nSPS) is 19.4. The van der Waals surface area contributed by atoms with Crippen molar-refractivity contribution in [3.05, 3.63) is 48.0 Å². The van der Waals surface area contributed by atoms with Gasteiger partial charge >= 0.3 is 0 Å². The van der Waals surface area contributed by atoms with Crippen LogP contribution in [0.4, 0.5) is 5.82 Å². The predicted molar refractivity (Wildman–Crippen MR) is 105 cm³/mol. The lowest BCUT2D eigenvalue weighted by Gasteiger charge is -2.30. The molecule has 3 aromatic rings. The van der Waals surface area contributed by atoms with Gasteiger partial charge < -0.3 is 19.6 Å². The van der Waals surface area contributed by atoms with Crippen LogP contribution in [0.25, 0.3) is 11.5 Å². The molecule has 0 radical (unpaired) electrons. The zero-order valence-corrected chi connectivity index (χ0v) is 16.2. The zero-order valence-electron chi connectivity index (χ0n) is 15.4. The molecule has 3 heterocycles. The number of nitrogens with zero attached hydrogens (tertiary/aromatic N) is 4. The molecular formula is C19H21ClN6O2. The predicted octanol–water partition coefficient (Wildman–Crippen LogP) is 3.28. The highest BCUT2D eigenvalue weighted by atomic mass is 35.5. The fourth-order valence-electron chi connectivity index (χ4n) is 3.49. The van der Waals surface area contributed by atoms with E-state index in [1.807, 2.05) is 19.2 Å². The molecule has 1 amide bonds. The number of furan rings is 1. The van der Waals surface area contributed by atoms with Gasteiger partial charge in [-0.05, 0) is 49.4 Å². The van der Waals surface area contributed by atoms with E-state index in [0.717, 1.165) is 25.7 Å². The van der Waals surface area contributed by atoms with Gasteiger partial charge in [-0.1, -0.05) is 0 Å². The summed E-state index contributed by atoms with van der Waals surface area (Å²) in [4.78, 5) is 25.0. The number of amides is 1. The summed E-state index contributed by atoms with van der Waals surface area (Å²) >= 11 is 6.08. The Bertz CT molecular complexity index is 955. The molecule has 0 aliphatic heterocycles. The Balaban J connectivity index is 1.40. The van der Waals surface area contributed by atoms with E-state index in [1.165, 1.54) is 0 Å². The second-order valence-electron chi connectivity index (χ2n) is 6.99. The van der Waals surface area contributed by atoms with Gasteiger partial charge in [0.2, 0.25) is 5.28 Å². The molecular weight excluding hydrogens is 380 g/mol. The SMILES string of the molecule is Cn1cnc(C(=O)NC2CCCC(Nc3cc(-c4ccco4)nc(Cl)n3)C2)c1. The summed E-state index contributed by atoms with van der Waals surface area (Å²) in [5, 5.41) is 6.66. The lowest BCUT2D eigenvalue weighted by molar-refractivity contribution is 0.0921. The molecule has 1 aliphatic rings. The van der Waals surface area contributed by atoms with Crippen molar-refractivity contribution in [1.29, 1.82) is 0 Å². The molecule has 8 nitrogen and oxygen atoms in total. The minimum absolute atomic E-state index is 0.0857. The van der Waals surface area contributed by atoms with Crippen LogP contribution in [0.5, 0.6) is 0 Å². The number of hydrogen-bond donors (Lipinski definition) is 2. The summed E-state index contributed by atoms with van der Waals surface area (Å²) in [6.45, 7) is 0.